The molecule has 4 N–H and O–H groups in total. The number of nitrogens with one attached hydrogen (secondary N) is 1. The second-order valence-electron chi connectivity index (χ2n) is 5.20. The summed E-state index contributed by atoms with van der Waals surface area (Å²) in [5, 5.41) is 17.3. The lowest BCUT2D eigenvalue weighted by molar-refractivity contribution is 0.0946. The number of nitrogens with zero attached hydrogens (tertiary/aromatic N) is 1. The first kappa shape index (κ1) is 14.3. The Morgan fingerprint density at radius 1 is 1.45 bits per heavy atom. The third kappa shape index (κ3) is 2.75. The van der Waals surface area contributed by atoms with Crippen LogP contribution in [0.2, 0.25) is 0 Å². The largest absolute Gasteiger partial charge is 0.409 e. The lowest BCUT2D eigenvalue weighted by Crippen LogP contribution is -2.42. The van der Waals surface area contributed by atoms with Crippen LogP contribution in [0.5, 0.6) is 0 Å². The Labute approximate surface area is 121 Å². The van der Waals surface area contributed by atoms with Gasteiger partial charge in [0.1, 0.15) is 5.84 Å². The minimum absolute atomic E-state index is 0.0907. The average molecular weight is 291 g/mol. The zero-order chi connectivity index (χ0) is 14.8. The number of carbonyl (C=O) groups is 1. The Morgan fingerprint density at radius 2 is 2.15 bits per heavy atom. The van der Waals surface area contributed by atoms with E-state index in [2.05, 4.69) is 10.5 Å². The number of hydrogen-bond donors (Lipinski definition) is 3. The molecule has 6 heteroatoms. The van der Waals surface area contributed by atoms with Crippen molar-refractivity contribution in [3.8, 4) is 0 Å². The van der Waals surface area contributed by atoms with Crippen molar-refractivity contribution in [2.75, 3.05) is 6.54 Å². The van der Waals surface area contributed by atoms with Crippen molar-refractivity contribution >= 4 is 33.2 Å². The third-order valence-electron chi connectivity index (χ3n) is 3.22. The van der Waals surface area contributed by atoms with Crippen molar-refractivity contribution < 1.29 is 10.0 Å². The molecule has 0 aliphatic carbocycles. The lowest BCUT2D eigenvalue weighted by Gasteiger charge is -2.22. The van der Waals surface area contributed by atoms with Crippen LogP contribution in [0.3, 0.4) is 0 Å². The number of oxime groups is 1. The summed E-state index contributed by atoms with van der Waals surface area (Å²) >= 11 is 1.54. The monoisotopic (exact) mass is 291 g/mol. The molecular weight excluding hydrogens is 274 g/mol. The standard InChI is InChI=1S/C14H17N3O2S/c1-14(2,13(15)17-19)8-16-12(18)10-7-20-11-6-4-3-5-9(10)11/h3-7,19H,8H2,1-2H3,(H2,15,17)(H,16,18). The van der Waals surface area contributed by atoms with E-state index in [-0.39, 0.29) is 11.7 Å². The van der Waals surface area contributed by atoms with Crippen LogP contribution in [0, 0.1) is 5.41 Å². The Morgan fingerprint density at radius 3 is 2.85 bits per heavy atom. The van der Waals surface area contributed by atoms with Crippen molar-refractivity contribution in [2.45, 2.75) is 13.8 Å². The van der Waals surface area contributed by atoms with Gasteiger partial charge in [-0.3, -0.25) is 4.79 Å². The van der Waals surface area contributed by atoms with Crippen LogP contribution in [0.1, 0.15) is 24.2 Å². The summed E-state index contributed by atoms with van der Waals surface area (Å²) in [6, 6.07) is 7.76. The molecule has 1 amide bonds. The number of fused-ring (bicyclic) bond motifs is 1. The van der Waals surface area contributed by atoms with Crippen molar-refractivity contribution in [3.05, 3.63) is 35.2 Å². The van der Waals surface area contributed by atoms with Gasteiger partial charge in [-0.05, 0) is 6.07 Å². The van der Waals surface area contributed by atoms with Crippen LogP contribution in [-0.2, 0) is 0 Å². The number of hydrogen-bond acceptors (Lipinski definition) is 4. The Bertz CT molecular complexity index is 661. The minimum atomic E-state index is -0.601. The molecule has 1 aromatic carbocycles. The predicted molar refractivity (Wildman–Crippen MR) is 81.3 cm³/mol. The maximum Gasteiger partial charge on any atom is 0.252 e. The summed E-state index contributed by atoms with van der Waals surface area (Å²) in [6.45, 7) is 3.90. The fourth-order valence-electron chi connectivity index (χ4n) is 1.78. The number of nitrogens with two attached hydrogens (primary N) is 1. The van der Waals surface area contributed by atoms with E-state index in [0.29, 0.717) is 12.1 Å². The zero-order valence-electron chi connectivity index (χ0n) is 11.4. The van der Waals surface area contributed by atoms with E-state index in [1.165, 1.54) is 11.3 Å². The fraction of sp³-hybridized carbons (Fsp3) is 0.286. The molecule has 0 fully saturated rings. The second-order valence-corrected chi connectivity index (χ2v) is 6.11. The van der Waals surface area contributed by atoms with Gasteiger partial charge in [-0.25, -0.2) is 0 Å². The molecule has 1 heterocycles. The molecule has 0 aliphatic heterocycles. The van der Waals surface area contributed by atoms with E-state index < -0.39 is 5.41 Å². The van der Waals surface area contributed by atoms with Gasteiger partial charge in [-0.15, -0.1) is 11.3 Å². The van der Waals surface area contributed by atoms with Gasteiger partial charge in [0.05, 0.1) is 5.56 Å². The molecule has 1 aromatic heterocycles. The van der Waals surface area contributed by atoms with Gasteiger partial charge in [0.25, 0.3) is 5.91 Å². The lowest BCUT2D eigenvalue weighted by atomic mass is 9.92. The summed E-state index contributed by atoms with van der Waals surface area (Å²) in [7, 11) is 0. The molecule has 0 radical (unpaired) electrons. The number of rotatable bonds is 4. The maximum absolute atomic E-state index is 12.2. The molecule has 0 atom stereocenters. The summed E-state index contributed by atoms with van der Waals surface area (Å²) in [4.78, 5) is 12.2. The fourth-order valence-corrected chi connectivity index (χ4v) is 2.72. The molecule has 0 spiro atoms. The van der Waals surface area contributed by atoms with Crippen LogP contribution < -0.4 is 11.1 Å². The number of amidine groups is 1. The van der Waals surface area contributed by atoms with Gasteiger partial charge in [0.2, 0.25) is 0 Å². The number of carbonyl (C=O) groups excluding carboxylic acids is 1. The van der Waals surface area contributed by atoms with Crippen LogP contribution in [-0.4, -0.2) is 23.5 Å². The van der Waals surface area contributed by atoms with Gasteiger partial charge >= 0.3 is 0 Å². The Balaban J connectivity index is 2.13. The Hall–Kier alpha value is -2.08. The van der Waals surface area contributed by atoms with Crippen LogP contribution in [0.4, 0.5) is 0 Å². The molecule has 20 heavy (non-hydrogen) atoms. The Kier molecular flexibility index (Phi) is 3.94. The molecule has 0 bridgehead atoms. The van der Waals surface area contributed by atoms with Crippen molar-refractivity contribution in [3.63, 3.8) is 0 Å². The summed E-state index contributed by atoms with van der Waals surface area (Å²) in [5.41, 5.74) is 5.65. The molecular formula is C14H17N3O2S. The second kappa shape index (κ2) is 5.50. The van der Waals surface area contributed by atoms with Gasteiger partial charge in [-0.1, -0.05) is 37.2 Å². The van der Waals surface area contributed by atoms with Crippen LogP contribution >= 0.6 is 11.3 Å². The third-order valence-corrected chi connectivity index (χ3v) is 4.18. The highest BCUT2D eigenvalue weighted by atomic mass is 32.1. The number of thiophene rings is 1. The molecule has 0 aliphatic rings. The first-order valence-corrected chi connectivity index (χ1v) is 7.06. The molecule has 2 aromatic rings. The van der Waals surface area contributed by atoms with Gasteiger partial charge in [0.15, 0.2) is 0 Å². The van der Waals surface area contributed by atoms with E-state index >= 15 is 0 Å². The normalized spacial score (nSPS) is 12.6. The van der Waals surface area contributed by atoms with Crippen LogP contribution in [0.25, 0.3) is 10.1 Å². The summed E-state index contributed by atoms with van der Waals surface area (Å²) in [5.74, 6) is -0.0609. The zero-order valence-corrected chi connectivity index (χ0v) is 12.2. The van der Waals surface area contributed by atoms with E-state index in [4.69, 9.17) is 10.9 Å². The molecule has 0 saturated carbocycles. The predicted octanol–water partition coefficient (Wildman–Crippen LogP) is 2.40. The van der Waals surface area contributed by atoms with E-state index in [1.54, 1.807) is 13.8 Å². The first-order valence-electron chi connectivity index (χ1n) is 6.18. The summed E-state index contributed by atoms with van der Waals surface area (Å²) in [6.07, 6.45) is 0. The number of benzene rings is 1. The molecule has 5 nitrogen and oxygen atoms in total. The van der Waals surface area contributed by atoms with Crippen LogP contribution in [0.15, 0.2) is 34.8 Å². The SMILES string of the molecule is CC(C)(CNC(=O)c1csc2ccccc12)/C(N)=N/O. The van der Waals surface area contributed by atoms with E-state index in [1.807, 2.05) is 29.6 Å². The number of amides is 1. The van der Waals surface area contributed by atoms with Gasteiger partial charge in [-0.2, -0.15) is 0 Å². The van der Waals surface area contributed by atoms with Gasteiger partial charge < -0.3 is 16.3 Å². The molecule has 0 saturated heterocycles. The van der Waals surface area contributed by atoms with Crippen molar-refractivity contribution in [1.29, 1.82) is 0 Å². The van der Waals surface area contributed by atoms with E-state index in [0.717, 1.165) is 10.1 Å². The van der Waals surface area contributed by atoms with Gasteiger partial charge in [0, 0.05) is 27.4 Å². The highest BCUT2D eigenvalue weighted by Crippen LogP contribution is 2.25. The molecule has 106 valence electrons. The van der Waals surface area contributed by atoms with Crippen molar-refractivity contribution in [1.82, 2.24) is 5.32 Å². The molecule has 2 rings (SSSR count). The van der Waals surface area contributed by atoms with E-state index in [9.17, 15) is 4.79 Å². The smallest absolute Gasteiger partial charge is 0.252 e. The molecule has 0 unspecified atom stereocenters. The minimum Gasteiger partial charge on any atom is -0.409 e. The quantitative estimate of drug-likeness (QED) is 0.350. The maximum atomic E-state index is 12.2. The summed E-state index contributed by atoms with van der Waals surface area (Å²) < 4.78 is 1.08. The topological polar surface area (TPSA) is 87.7 Å². The van der Waals surface area contributed by atoms with Crippen molar-refractivity contribution in [2.24, 2.45) is 16.3 Å². The average Bonchev–Trinajstić information content (AvgIpc) is 2.88. The highest BCUT2D eigenvalue weighted by molar-refractivity contribution is 7.17. The highest BCUT2D eigenvalue weighted by Gasteiger charge is 2.25. The first-order chi connectivity index (χ1) is 9.45.